The molecule has 2 aromatic heterocycles. The van der Waals surface area contributed by atoms with Crippen molar-refractivity contribution in [3.63, 3.8) is 0 Å². The zero-order chi connectivity index (χ0) is 20.5. The van der Waals surface area contributed by atoms with Crippen molar-refractivity contribution in [3.8, 4) is 0 Å². The quantitative estimate of drug-likeness (QED) is 0.444. The third kappa shape index (κ3) is 3.80. The van der Waals surface area contributed by atoms with E-state index in [4.69, 9.17) is 0 Å². The van der Waals surface area contributed by atoms with Crippen LogP contribution in [-0.2, 0) is 11.3 Å². The number of thioether (sulfide) groups is 1. The van der Waals surface area contributed by atoms with E-state index in [9.17, 15) is 9.18 Å². The molecule has 3 heterocycles. The number of piperazine rings is 1. The van der Waals surface area contributed by atoms with Crippen LogP contribution in [0, 0.1) is 5.82 Å². The first kappa shape index (κ1) is 19.5. The lowest BCUT2D eigenvalue weighted by atomic mass is 10.2. The lowest BCUT2D eigenvalue weighted by molar-refractivity contribution is -0.130. The van der Waals surface area contributed by atoms with E-state index in [0.717, 1.165) is 33.4 Å². The zero-order valence-electron chi connectivity index (χ0n) is 16.2. The molecule has 5 rings (SSSR count). The molecule has 1 aliphatic rings. The maximum Gasteiger partial charge on any atom is 0.233 e. The SMILES string of the molecule is O=C(CSc1nnc2sc3ccccc3n12)N1CCN(Cc2ccccc2F)CC1. The Labute approximate surface area is 181 Å². The van der Waals surface area contributed by atoms with Crippen molar-refractivity contribution in [2.45, 2.75) is 11.7 Å². The number of carbonyl (C=O) groups is 1. The van der Waals surface area contributed by atoms with Crippen LogP contribution in [0.4, 0.5) is 4.39 Å². The minimum absolute atomic E-state index is 0.0989. The number of fused-ring (bicyclic) bond motifs is 3. The van der Waals surface area contributed by atoms with E-state index in [0.29, 0.717) is 31.0 Å². The second-order valence-corrected chi connectivity index (χ2v) is 9.16. The summed E-state index contributed by atoms with van der Waals surface area (Å²) in [4.78, 5) is 17.6. The topological polar surface area (TPSA) is 53.7 Å². The lowest BCUT2D eigenvalue weighted by Gasteiger charge is -2.34. The van der Waals surface area contributed by atoms with E-state index in [2.05, 4.69) is 21.2 Å². The first-order valence-electron chi connectivity index (χ1n) is 9.78. The van der Waals surface area contributed by atoms with Crippen molar-refractivity contribution >= 4 is 44.2 Å². The van der Waals surface area contributed by atoms with Gasteiger partial charge in [-0.3, -0.25) is 14.1 Å². The molecule has 0 atom stereocenters. The number of benzene rings is 2. The van der Waals surface area contributed by atoms with Crippen LogP contribution < -0.4 is 0 Å². The van der Waals surface area contributed by atoms with E-state index in [1.165, 1.54) is 17.8 Å². The Morgan fingerprint density at radius 2 is 1.80 bits per heavy atom. The largest absolute Gasteiger partial charge is 0.339 e. The molecule has 6 nitrogen and oxygen atoms in total. The number of para-hydroxylation sites is 1. The molecule has 0 radical (unpaired) electrons. The number of hydrogen-bond acceptors (Lipinski definition) is 6. The van der Waals surface area contributed by atoms with Crippen molar-refractivity contribution in [1.82, 2.24) is 24.4 Å². The normalized spacial score (nSPS) is 15.3. The number of amides is 1. The number of halogens is 1. The van der Waals surface area contributed by atoms with E-state index < -0.39 is 0 Å². The summed E-state index contributed by atoms with van der Waals surface area (Å²) < 4.78 is 17.0. The Hall–Kier alpha value is -2.49. The number of aromatic nitrogens is 3. The van der Waals surface area contributed by atoms with Crippen molar-refractivity contribution in [1.29, 1.82) is 0 Å². The molecule has 0 aliphatic carbocycles. The molecule has 1 saturated heterocycles. The predicted octanol–water partition coefficient (Wildman–Crippen LogP) is 3.52. The number of hydrogen-bond donors (Lipinski definition) is 0. The molecule has 0 unspecified atom stereocenters. The minimum Gasteiger partial charge on any atom is -0.339 e. The summed E-state index contributed by atoms with van der Waals surface area (Å²) in [6.45, 7) is 3.38. The second-order valence-electron chi connectivity index (χ2n) is 7.21. The van der Waals surface area contributed by atoms with Crippen LogP contribution in [0.15, 0.2) is 53.7 Å². The number of nitrogens with zero attached hydrogens (tertiary/aromatic N) is 5. The summed E-state index contributed by atoms with van der Waals surface area (Å²) in [6, 6.07) is 15.0. The van der Waals surface area contributed by atoms with E-state index >= 15 is 0 Å². The van der Waals surface area contributed by atoms with Gasteiger partial charge >= 0.3 is 0 Å². The summed E-state index contributed by atoms with van der Waals surface area (Å²) >= 11 is 3.02. The maximum atomic E-state index is 13.9. The Balaban J connectivity index is 1.18. The van der Waals surface area contributed by atoms with Gasteiger partial charge in [-0.15, -0.1) is 10.2 Å². The summed E-state index contributed by atoms with van der Waals surface area (Å²) in [6.07, 6.45) is 0. The van der Waals surface area contributed by atoms with Gasteiger partial charge in [-0.2, -0.15) is 0 Å². The fourth-order valence-corrected chi connectivity index (χ4v) is 5.56. The molecule has 0 spiro atoms. The van der Waals surface area contributed by atoms with Gasteiger partial charge in [0.25, 0.3) is 0 Å². The number of carbonyl (C=O) groups excluding carboxylic acids is 1. The van der Waals surface area contributed by atoms with Crippen LogP contribution in [0.25, 0.3) is 15.2 Å². The molecule has 0 saturated carbocycles. The third-order valence-electron chi connectivity index (χ3n) is 5.31. The molecule has 9 heteroatoms. The third-order valence-corrected chi connectivity index (χ3v) is 7.24. The van der Waals surface area contributed by atoms with Gasteiger partial charge in [0.05, 0.1) is 16.0 Å². The Morgan fingerprint density at radius 1 is 1.03 bits per heavy atom. The Bertz CT molecular complexity index is 1200. The van der Waals surface area contributed by atoms with Crippen LogP contribution in [0.1, 0.15) is 5.56 Å². The fourth-order valence-electron chi connectivity index (χ4n) is 3.69. The van der Waals surface area contributed by atoms with Gasteiger partial charge in [-0.1, -0.05) is 53.4 Å². The van der Waals surface area contributed by atoms with Crippen LogP contribution >= 0.6 is 23.1 Å². The molecule has 154 valence electrons. The highest BCUT2D eigenvalue weighted by atomic mass is 32.2. The van der Waals surface area contributed by atoms with E-state index in [-0.39, 0.29) is 11.7 Å². The van der Waals surface area contributed by atoms with Crippen LogP contribution in [0.3, 0.4) is 0 Å². The van der Waals surface area contributed by atoms with Crippen molar-refractivity contribution in [2.75, 3.05) is 31.9 Å². The molecule has 1 amide bonds. The molecule has 2 aromatic carbocycles. The predicted molar refractivity (Wildman–Crippen MR) is 117 cm³/mol. The molecular formula is C21H20FN5OS2. The van der Waals surface area contributed by atoms with Gasteiger partial charge in [-0.25, -0.2) is 4.39 Å². The maximum absolute atomic E-state index is 13.9. The Kier molecular flexibility index (Phi) is 5.41. The molecule has 1 fully saturated rings. The van der Waals surface area contributed by atoms with Crippen LogP contribution in [0.2, 0.25) is 0 Å². The molecule has 0 bridgehead atoms. The average molecular weight is 442 g/mol. The molecule has 1 aliphatic heterocycles. The van der Waals surface area contributed by atoms with Crippen molar-refractivity contribution in [3.05, 3.63) is 59.9 Å². The number of thiazole rings is 1. The van der Waals surface area contributed by atoms with Gasteiger partial charge in [0, 0.05) is 38.3 Å². The highest BCUT2D eigenvalue weighted by molar-refractivity contribution is 7.99. The first-order chi connectivity index (χ1) is 14.7. The minimum atomic E-state index is -0.173. The average Bonchev–Trinajstić information content (AvgIpc) is 3.33. The highest BCUT2D eigenvalue weighted by Gasteiger charge is 2.22. The Morgan fingerprint density at radius 3 is 2.63 bits per heavy atom. The van der Waals surface area contributed by atoms with Gasteiger partial charge < -0.3 is 4.90 Å². The number of rotatable bonds is 5. The standard InChI is InChI=1S/C21H20FN5OS2/c22-16-6-2-1-5-15(16)13-25-9-11-26(12-10-25)19(28)14-29-20-23-24-21-27(20)17-7-3-4-8-18(17)30-21/h1-8H,9-14H2. The van der Waals surface area contributed by atoms with E-state index in [1.807, 2.05) is 39.6 Å². The molecule has 0 N–H and O–H groups in total. The lowest BCUT2D eigenvalue weighted by Crippen LogP contribution is -2.48. The first-order valence-corrected chi connectivity index (χ1v) is 11.6. The van der Waals surface area contributed by atoms with Gasteiger partial charge in [-0.05, 0) is 18.2 Å². The molecular weight excluding hydrogens is 421 g/mol. The molecule has 4 aromatic rings. The van der Waals surface area contributed by atoms with Crippen molar-refractivity contribution in [2.24, 2.45) is 0 Å². The van der Waals surface area contributed by atoms with Crippen LogP contribution in [0.5, 0.6) is 0 Å². The summed E-state index contributed by atoms with van der Waals surface area (Å²) in [5.41, 5.74) is 1.77. The zero-order valence-corrected chi connectivity index (χ0v) is 17.8. The van der Waals surface area contributed by atoms with E-state index in [1.54, 1.807) is 17.4 Å². The van der Waals surface area contributed by atoms with Gasteiger partial charge in [0.2, 0.25) is 10.9 Å². The smallest absolute Gasteiger partial charge is 0.233 e. The van der Waals surface area contributed by atoms with Gasteiger partial charge in [0.15, 0.2) is 5.16 Å². The second kappa shape index (κ2) is 8.33. The van der Waals surface area contributed by atoms with Gasteiger partial charge in [0.1, 0.15) is 5.82 Å². The van der Waals surface area contributed by atoms with Crippen molar-refractivity contribution < 1.29 is 9.18 Å². The summed E-state index contributed by atoms with van der Waals surface area (Å²) in [5, 5.41) is 9.26. The molecule has 30 heavy (non-hydrogen) atoms. The highest BCUT2D eigenvalue weighted by Crippen LogP contribution is 2.29. The fraction of sp³-hybridized carbons (Fsp3) is 0.286. The summed E-state index contributed by atoms with van der Waals surface area (Å²) in [5.74, 6) is 0.257. The monoisotopic (exact) mass is 441 g/mol. The van der Waals surface area contributed by atoms with Crippen LogP contribution in [-0.4, -0.2) is 62.2 Å². The summed E-state index contributed by atoms with van der Waals surface area (Å²) in [7, 11) is 0.